The predicted molar refractivity (Wildman–Crippen MR) is 117 cm³/mol. The summed E-state index contributed by atoms with van der Waals surface area (Å²) < 4.78 is 0. The zero-order valence-electron chi connectivity index (χ0n) is 14.3. The third-order valence-electron chi connectivity index (χ3n) is 4.29. The van der Waals surface area contributed by atoms with Gasteiger partial charge in [0.25, 0.3) is 0 Å². The van der Waals surface area contributed by atoms with Crippen LogP contribution in [0.4, 0.5) is 0 Å². The van der Waals surface area contributed by atoms with Crippen LogP contribution in [0, 0.1) is 0 Å². The average Bonchev–Trinajstić information content (AvgIpc) is 2.57. The van der Waals surface area contributed by atoms with Crippen LogP contribution in [0.3, 0.4) is 0 Å². The molecule has 0 radical (unpaired) electrons. The summed E-state index contributed by atoms with van der Waals surface area (Å²) in [6.45, 7) is 2.05. The molecule has 0 aromatic heterocycles. The summed E-state index contributed by atoms with van der Waals surface area (Å²) in [6, 6.07) is 15.7. The van der Waals surface area contributed by atoms with Gasteiger partial charge in [-0.3, -0.25) is 0 Å². The fourth-order valence-electron chi connectivity index (χ4n) is 2.98. The lowest BCUT2D eigenvalue weighted by Crippen LogP contribution is -2.46. The molecule has 1 fully saturated rings. The quantitative estimate of drug-likeness (QED) is 0.543. The van der Waals surface area contributed by atoms with Crippen LogP contribution in [0.25, 0.3) is 0 Å². The number of nitrogens with zero attached hydrogens (tertiary/aromatic N) is 3. The maximum absolute atomic E-state index is 6.05. The number of aliphatic imine (C=N–C) groups is 1. The lowest BCUT2D eigenvalue weighted by Gasteiger charge is -2.35. The second-order valence-corrected chi connectivity index (χ2v) is 7.00. The van der Waals surface area contributed by atoms with E-state index in [1.807, 2.05) is 48.5 Å². The second kappa shape index (κ2) is 9.10. The maximum Gasteiger partial charge on any atom is 0.197 e. The highest BCUT2D eigenvalue weighted by Crippen LogP contribution is 2.29. The molecule has 0 unspecified atom stereocenters. The minimum atomic E-state index is -0.0856. The molecule has 3 rings (SSSR count). The van der Waals surface area contributed by atoms with Crippen LogP contribution < -0.4 is 0 Å². The van der Waals surface area contributed by atoms with Crippen molar-refractivity contribution in [2.24, 2.45) is 4.99 Å². The van der Waals surface area contributed by atoms with Crippen LogP contribution in [0.5, 0.6) is 0 Å². The summed E-state index contributed by atoms with van der Waals surface area (Å²) in [4.78, 5) is 9.50. The average molecular weight is 490 g/mol. The molecular formula is C19H22Cl2IN3. The molecule has 25 heavy (non-hydrogen) atoms. The van der Waals surface area contributed by atoms with Crippen molar-refractivity contribution in [2.75, 3.05) is 27.2 Å². The predicted octanol–water partition coefficient (Wildman–Crippen LogP) is 5.32. The van der Waals surface area contributed by atoms with E-state index in [4.69, 9.17) is 28.2 Å². The first-order valence-electron chi connectivity index (χ1n) is 8.05. The van der Waals surface area contributed by atoms with Crippen LogP contribution in [-0.2, 0) is 0 Å². The van der Waals surface area contributed by atoms with Crippen molar-refractivity contribution < 1.29 is 0 Å². The Balaban J connectivity index is 0.00000225. The van der Waals surface area contributed by atoms with E-state index in [1.165, 1.54) is 0 Å². The Labute approximate surface area is 176 Å². The molecular weight excluding hydrogens is 468 g/mol. The summed E-state index contributed by atoms with van der Waals surface area (Å²) in [5.41, 5.74) is 2.23. The first-order valence-corrected chi connectivity index (χ1v) is 8.81. The van der Waals surface area contributed by atoms with Crippen molar-refractivity contribution >= 4 is 53.1 Å². The maximum atomic E-state index is 6.05. The van der Waals surface area contributed by atoms with E-state index in [0.29, 0.717) is 0 Å². The van der Waals surface area contributed by atoms with Crippen molar-refractivity contribution in [2.45, 2.75) is 12.5 Å². The number of hydrogen-bond donors (Lipinski definition) is 0. The Morgan fingerprint density at radius 1 is 0.800 bits per heavy atom. The number of guanidine groups is 1. The van der Waals surface area contributed by atoms with Gasteiger partial charge in [-0.2, -0.15) is 0 Å². The lowest BCUT2D eigenvalue weighted by molar-refractivity contribution is 0.315. The van der Waals surface area contributed by atoms with Crippen molar-refractivity contribution in [3.05, 3.63) is 69.7 Å². The molecule has 0 spiro atoms. The van der Waals surface area contributed by atoms with Gasteiger partial charge < -0.3 is 9.80 Å². The molecule has 0 N–H and O–H groups in total. The van der Waals surface area contributed by atoms with Gasteiger partial charge in [-0.1, -0.05) is 47.5 Å². The Morgan fingerprint density at radius 3 is 1.60 bits per heavy atom. The first kappa shape index (κ1) is 20.3. The van der Waals surface area contributed by atoms with E-state index in [1.54, 1.807) is 0 Å². The summed E-state index contributed by atoms with van der Waals surface area (Å²) in [7, 11) is 4.19. The van der Waals surface area contributed by atoms with Gasteiger partial charge in [0.05, 0.1) is 0 Å². The number of halogens is 3. The van der Waals surface area contributed by atoms with Gasteiger partial charge in [-0.15, -0.1) is 24.0 Å². The zero-order valence-corrected chi connectivity index (χ0v) is 18.2. The van der Waals surface area contributed by atoms with Crippen LogP contribution in [0.1, 0.15) is 23.6 Å². The van der Waals surface area contributed by atoms with Crippen molar-refractivity contribution in [1.82, 2.24) is 9.80 Å². The molecule has 0 amide bonds. The molecule has 3 nitrogen and oxygen atoms in total. The van der Waals surface area contributed by atoms with Crippen molar-refractivity contribution in [3.63, 3.8) is 0 Å². The number of rotatable bonds is 3. The van der Waals surface area contributed by atoms with Gasteiger partial charge in [0.15, 0.2) is 5.96 Å². The summed E-state index contributed by atoms with van der Waals surface area (Å²) in [5, 5.41) is 1.46. The second-order valence-electron chi connectivity index (χ2n) is 6.13. The highest BCUT2D eigenvalue weighted by Gasteiger charge is 2.21. The smallest absolute Gasteiger partial charge is 0.197 e. The van der Waals surface area contributed by atoms with E-state index < -0.39 is 0 Å². The van der Waals surface area contributed by atoms with Gasteiger partial charge in [0, 0.05) is 37.2 Å². The van der Waals surface area contributed by atoms with Crippen molar-refractivity contribution in [3.8, 4) is 0 Å². The molecule has 0 aliphatic carbocycles. The Hall–Kier alpha value is -0.980. The molecule has 134 valence electrons. The fraction of sp³-hybridized carbons (Fsp3) is 0.316. The standard InChI is InChI=1S/C19H21Cl2N3.HI/c1-23-12-3-13-24(2)19(23)22-18(14-4-8-16(20)9-5-14)15-6-10-17(21)11-7-15;/h4-11,18H,3,12-13H2,1-2H3;1H. The molecule has 2 aromatic rings. The van der Waals surface area contributed by atoms with Gasteiger partial charge in [-0.05, 0) is 41.8 Å². The summed E-state index contributed by atoms with van der Waals surface area (Å²) >= 11 is 12.1. The van der Waals surface area contributed by atoms with E-state index in [-0.39, 0.29) is 30.0 Å². The summed E-state index contributed by atoms with van der Waals surface area (Å²) in [5.74, 6) is 1.01. The summed E-state index contributed by atoms with van der Waals surface area (Å²) in [6.07, 6.45) is 1.15. The molecule has 0 atom stereocenters. The fourth-order valence-corrected chi connectivity index (χ4v) is 3.23. The highest BCUT2D eigenvalue weighted by atomic mass is 127. The SMILES string of the molecule is CN1CCCN(C)C1=NC(c1ccc(Cl)cc1)c1ccc(Cl)cc1.I. The topological polar surface area (TPSA) is 18.8 Å². The molecule has 2 aromatic carbocycles. The van der Waals surface area contributed by atoms with Crippen molar-refractivity contribution in [1.29, 1.82) is 0 Å². The molecule has 0 saturated carbocycles. The van der Waals surface area contributed by atoms with Gasteiger partial charge >= 0.3 is 0 Å². The molecule has 1 aliphatic heterocycles. The zero-order chi connectivity index (χ0) is 17.1. The number of benzene rings is 2. The minimum Gasteiger partial charge on any atom is -0.346 e. The Morgan fingerprint density at radius 2 is 1.20 bits per heavy atom. The molecule has 0 bridgehead atoms. The van der Waals surface area contributed by atoms with Gasteiger partial charge in [-0.25, -0.2) is 4.99 Å². The van der Waals surface area contributed by atoms with Crippen LogP contribution in [0.2, 0.25) is 10.0 Å². The van der Waals surface area contributed by atoms with E-state index >= 15 is 0 Å². The van der Waals surface area contributed by atoms with E-state index in [2.05, 4.69) is 23.9 Å². The lowest BCUT2D eigenvalue weighted by atomic mass is 9.99. The Bertz CT molecular complexity index is 659. The highest BCUT2D eigenvalue weighted by molar-refractivity contribution is 14.0. The molecule has 6 heteroatoms. The third kappa shape index (κ3) is 5.02. The van der Waals surface area contributed by atoms with Crippen LogP contribution in [0.15, 0.2) is 53.5 Å². The number of hydrogen-bond acceptors (Lipinski definition) is 1. The van der Waals surface area contributed by atoms with Crippen LogP contribution in [-0.4, -0.2) is 42.9 Å². The molecule has 1 saturated heterocycles. The molecule has 1 aliphatic rings. The normalized spacial score (nSPS) is 14.5. The van der Waals surface area contributed by atoms with Gasteiger partial charge in [0.2, 0.25) is 0 Å². The van der Waals surface area contributed by atoms with E-state index in [9.17, 15) is 0 Å². The monoisotopic (exact) mass is 489 g/mol. The molecule has 1 heterocycles. The third-order valence-corrected chi connectivity index (χ3v) is 4.79. The van der Waals surface area contributed by atoms with Gasteiger partial charge in [0.1, 0.15) is 6.04 Å². The first-order chi connectivity index (χ1) is 11.5. The van der Waals surface area contributed by atoms with E-state index in [0.717, 1.165) is 46.6 Å². The van der Waals surface area contributed by atoms with Crippen LogP contribution >= 0.6 is 47.2 Å². The largest absolute Gasteiger partial charge is 0.346 e. The Kier molecular flexibility index (Phi) is 7.40. The minimum absolute atomic E-state index is 0.